The summed E-state index contributed by atoms with van der Waals surface area (Å²) in [5.74, 6) is 0.297. The molecule has 0 aliphatic carbocycles. The van der Waals surface area contributed by atoms with Crippen molar-refractivity contribution in [3.8, 4) is 5.75 Å². The maximum atomic E-state index is 12.7. The zero-order valence-corrected chi connectivity index (χ0v) is 12.8. The molecule has 104 valence electrons. The molecule has 4 heteroatoms. The lowest BCUT2D eigenvalue weighted by Gasteiger charge is -2.29. The van der Waals surface area contributed by atoms with Crippen LogP contribution in [0.15, 0.2) is 18.2 Å². The lowest BCUT2D eigenvalue weighted by molar-refractivity contribution is 0.0701. The number of aromatic hydroxyl groups is 1. The molecule has 0 bridgehead atoms. The van der Waals surface area contributed by atoms with Crippen molar-refractivity contribution >= 4 is 21.8 Å². The van der Waals surface area contributed by atoms with E-state index in [9.17, 15) is 9.90 Å². The second kappa shape index (κ2) is 6.42. The van der Waals surface area contributed by atoms with Crippen molar-refractivity contribution in [2.75, 3.05) is 11.9 Å². The molecule has 1 aliphatic rings. The lowest BCUT2D eigenvalue weighted by Crippen LogP contribution is -2.41. The highest BCUT2D eigenvalue weighted by atomic mass is 79.9. The van der Waals surface area contributed by atoms with Crippen molar-refractivity contribution in [3.05, 3.63) is 29.3 Å². The van der Waals surface area contributed by atoms with Crippen LogP contribution in [0.4, 0.5) is 0 Å². The summed E-state index contributed by atoms with van der Waals surface area (Å²) >= 11 is 3.52. The average Bonchev–Trinajstić information content (AvgIpc) is 2.63. The first kappa shape index (κ1) is 14.4. The van der Waals surface area contributed by atoms with Gasteiger partial charge in [-0.15, -0.1) is 0 Å². The summed E-state index contributed by atoms with van der Waals surface area (Å²) < 4.78 is 0. The number of alkyl halides is 1. The topological polar surface area (TPSA) is 40.5 Å². The Labute approximate surface area is 122 Å². The van der Waals surface area contributed by atoms with Gasteiger partial charge in [0.05, 0.1) is 0 Å². The number of nitrogens with zero attached hydrogens (tertiary/aromatic N) is 1. The molecule has 0 radical (unpaired) electrons. The summed E-state index contributed by atoms with van der Waals surface area (Å²) in [5.41, 5.74) is 1.54. The van der Waals surface area contributed by atoms with Crippen LogP contribution in [0.5, 0.6) is 5.75 Å². The van der Waals surface area contributed by atoms with E-state index >= 15 is 0 Å². The molecule has 1 atom stereocenters. The van der Waals surface area contributed by atoms with Gasteiger partial charge in [-0.2, -0.15) is 0 Å². The van der Waals surface area contributed by atoms with Crippen LogP contribution in [-0.4, -0.2) is 33.8 Å². The average molecular weight is 326 g/mol. The predicted molar refractivity (Wildman–Crippen MR) is 79.9 cm³/mol. The summed E-state index contributed by atoms with van der Waals surface area (Å²) in [6.45, 7) is 2.70. The van der Waals surface area contributed by atoms with Crippen molar-refractivity contribution in [2.45, 2.75) is 38.6 Å². The number of carbonyl (C=O) groups excluding carboxylic acids is 1. The van der Waals surface area contributed by atoms with Crippen molar-refractivity contribution < 1.29 is 9.90 Å². The molecule has 19 heavy (non-hydrogen) atoms. The number of phenols is 1. The Balaban J connectivity index is 2.25. The van der Waals surface area contributed by atoms with Gasteiger partial charge in [0.25, 0.3) is 5.91 Å². The highest BCUT2D eigenvalue weighted by molar-refractivity contribution is 9.09. The van der Waals surface area contributed by atoms with Gasteiger partial charge < -0.3 is 10.0 Å². The van der Waals surface area contributed by atoms with Gasteiger partial charge in [0.2, 0.25) is 0 Å². The van der Waals surface area contributed by atoms with E-state index in [-0.39, 0.29) is 17.7 Å². The summed E-state index contributed by atoms with van der Waals surface area (Å²) in [4.78, 5) is 14.7. The SMILES string of the molecule is Cc1cc(O)ccc1C(=O)N1CCCCCC1CBr. The summed E-state index contributed by atoms with van der Waals surface area (Å²) in [6.07, 6.45) is 4.52. The molecular weight excluding hydrogens is 306 g/mol. The molecule has 0 spiro atoms. The fourth-order valence-electron chi connectivity index (χ4n) is 2.65. The first-order valence-corrected chi connectivity index (χ1v) is 7.92. The van der Waals surface area contributed by atoms with E-state index in [1.807, 2.05) is 11.8 Å². The molecule has 2 rings (SSSR count). The summed E-state index contributed by atoms with van der Waals surface area (Å²) in [7, 11) is 0. The largest absolute Gasteiger partial charge is 0.508 e. The molecule has 1 aliphatic heterocycles. The Bertz CT molecular complexity index is 461. The highest BCUT2D eigenvalue weighted by Crippen LogP contribution is 2.23. The first-order valence-electron chi connectivity index (χ1n) is 6.80. The molecule has 1 fully saturated rings. The normalized spacial score (nSPS) is 20.1. The lowest BCUT2D eigenvalue weighted by atomic mass is 10.1. The van der Waals surface area contributed by atoms with Gasteiger partial charge in [0.1, 0.15) is 5.75 Å². The van der Waals surface area contributed by atoms with E-state index in [4.69, 9.17) is 0 Å². The molecular formula is C15H20BrNO2. The Morgan fingerprint density at radius 3 is 2.89 bits per heavy atom. The fourth-order valence-corrected chi connectivity index (χ4v) is 3.32. The van der Waals surface area contributed by atoms with E-state index in [1.165, 1.54) is 12.8 Å². The molecule has 3 nitrogen and oxygen atoms in total. The Morgan fingerprint density at radius 2 is 2.21 bits per heavy atom. The van der Waals surface area contributed by atoms with Gasteiger partial charge in [-0.25, -0.2) is 0 Å². The number of carbonyl (C=O) groups is 1. The van der Waals surface area contributed by atoms with Gasteiger partial charge in [-0.05, 0) is 43.5 Å². The summed E-state index contributed by atoms with van der Waals surface area (Å²) in [5, 5.41) is 10.3. The number of phenolic OH excluding ortho intramolecular Hbond substituents is 1. The Morgan fingerprint density at radius 1 is 1.42 bits per heavy atom. The highest BCUT2D eigenvalue weighted by Gasteiger charge is 2.26. The van der Waals surface area contributed by atoms with Crippen LogP contribution in [0.2, 0.25) is 0 Å². The monoisotopic (exact) mass is 325 g/mol. The van der Waals surface area contributed by atoms with Crippen LogP contribution in [0.3, 0.4) is 0 Å². The molecule has 1 unspecified atom stereocenters. The van der Waals surface area contributed by atoms with Crippen molar-refractivity contribution in [1.82, 2.24) is 4.90 Å². The van der Waals surface area contributed by atoms with Crippen LogP contribution in [-0.2, 0) is 0 Å². The number of rotatable bonds is 2. The number of aryl methyl sites for hydroxylation is 1. The van der Waals surface area contributed by atoms with E-state index in [0.29, 0.717) is 5.56 Å². The minimum absolute atomic E-state index is 0.0869. The number of benzene rings is 1. The number of halogens is 1. The third kappa shape index (κ3) is 3.30. The second-order valence-corrected chi connectivity index (χ2v) is 5.80. The summed E-state index contributed by atoms with van der Waals surface area (Å²) in [6, 6.07) is 5.24. The van der Waals surface area contributed by atoms with Gasteiger partial charge in [0.15, 0.2) is 0 Å². The Kier molecular flexibility index (Phi) is 4.86. The van der Waals surface area contributed by atoms with Crippen molar-refractivity contribution in [2.24, 2.45) is 0 Å². The standard InChI is InChI=1S/C15H20BrNO2/c1-11-9-13(18)6-7-14(11)15(19)17-8-4-2-3-5-12(17)10-16/h6-7,9,12,18H,2-5,8,10H2,1H3. The minimum atomic E-state index is 0.0869. The molecule has 0 aromatic heterocycles. The van der Waals surface area contributed by atoms with Crippen LogP contribution < -0.4 is 0 Å². The van der Waals surface area contributed by atoms with Gasteiger partial charge in [-0.1, -0.05) is 28.8 Å². The molecule has 1 aromatic carbocycles. The Hall–Kier alpha value is -1.03. The van der Waals surface area contributed by atoms with E-state index < -0.39 is 0 Å². The second-order valence-electron chi connectivity index (χ2n) is 5.16. The zero-order chi connectivity index (χ0) is 13.8. The molecule has 1 N–H and O–H groups in total. The minimum Gasteiger partial charge on any atom is -0.508 e. The van der Waals surface area contributed by atoms with Gasteiger partial charge in [0, 0.05) is 23.5 Å². The molecule has 0 saturated carbocycles. The van der Waals surface area contributed by atoms with Crippen LogP contribution >= 0.6 is 15.9 Å². The number of hydrogen-bond acceptors (Lipinski definition) is 2. The van der Waals surface area contributed by atoms with Gasteiger partial charge in [-0.3, -0.25) is 4.79 Å². The maximum Gasteiger partial charge on any atom is 0.254 e. The third-order valence-corrected chi connectivity index (χ3v) is 4.50. The van der Waals surface area contributed by atoms with Crippen molar-refractivity contribution in [3.63, 3.8) is 0 Å². The van der Waals surface area contributed by atoms with Crippen LogP contribution in [0.1, 0.15) is 41.6 Å². The van der Waals surface area contributed by atoms with Crippen LogP contribution in [0, 0.1) is 6.92 Å². The number of amides is 1. The number of hydrogen-bond donors (Lipinski definition) is 1. The molecule has 1 heterocycles. The predicted octanol–water partition coefficient (Wildman–Crippen LogP) is 3.48. The zero-order valence-electron chi connectivity index (χ0n) is 11.2. The van der Waals surface area contributed by atoms with E-state index in [1.54, 1.807) is 18.2 Å². The van der Waals surface area contributed by atoms with Crippen LogP contribution in [0.25, 0.3) is 0 Å². The third-order valence-electron chi connectivity index (χ3n) is 3.76. The smallest absolute Gasteiger partial charge is 0.254 e. The molecule has 1 saturated heterocycles. The quantitative estimate of drug-likeness (QED) is 0.845. The fraction of sp³-hybridized carbons (Fsp3) is 0.533. The van der Waals surface area contributed by atoms with E-state index in [0.717, 1.165) is 30.3 Å². The number of likely N-dealkylation sites (tertiary alicyclic amines) is 1. The first-order chi connectivity index (χ1) is 9.13. The van der Waals surface area contributed by atoms with Gasteiger partial charge >= 0.3 is 0 Å². The van der Waals surface area contributed by atoms with E-state index in [2.05, 4.69) is 15.9 Å². The molecule has 1 aromatic rings. The van der Waals surface area contributed by atoms with Crippen molar-refractivity contribution in [1.29, 1.82) is 0 Å². The molecule has 1 amide bonds. The maximum absolute atomic E-state index is 12.7.